The Labute approximate surface area is 141 Å². The molecule has 0 aliphatic rings. The fourth-order valence-corrected chi connectivity index (χ4v) is 2.28. The van der Waals surface area contributed by atoms with Crippen molar-refractivity contribution in [3.8, 4) is 0 Å². The number of amides is 2. The molecule has 0 bridgehead atoms. The summed E-state index contributed by atoms with van der Waals surface area (Å²) in [6.07, 6.45) is 5.88. The Morgan fingerprint density at radius 3 is 2.50 bits per heavy atom. The topological polar surface area (TPSA) is 58.2 Å². The van der Waals surface area contributed by atoms with Crippen LogP contribution in [0.5, 0.6) is 0 Å². The molecule has 4 nitrogen and oxygen atoms in total. The average Bonchev–Trinajstić information content (AvgIpc) is 2.49. The fraction of sp³-hybridized carbons (Fsp3) is 0.500. The number of carbonyl (C=O) groups excluding carboxylic acids is 2. The van der Waals surface area contributed by atoms with Gasteiger partial charge in [-0.25, -0.2) is 0 Å². The van der Waals surface area contributed by atoms with E-state index in [0.717, 1.165) is 19.3 Å². The van der Waals surface area contributed by atoms with E-state index < -0.39 is 0 Å². The maximum absolute atomic E-state index is 11.8. The van der Waals surface area contributed by atoms with Crippen molar-refractivity contribution in [2.75, 3.05) is 11.9 Å². The van der Waals surface area contributed by atoms with Gasteiger partial charge in [0.25, 0.3) is 0 Å². The van der Waals surface area contributed by atoms with Crippen LogP contribution in [0.2, 0.25) is 10.0 Å². The van der Waals surface area contributed by atoms with Gasteiger partial charge in [0, 0.05) is 11.4 Å². The second kappa shape index (κ2) is 10.5. The molecule has 122 valence electrons. The van der Waals surface area contributed by atoms with Gasteiger partial charge < -0.3 is 10.6 Å². The van der Waals surface area contributed by atoms with Gasteiger partial charge >= 0.3 is 0 Å². The molecule has 2 N–H and O–H groups in total. The molecular formula is C16H22Cl2N2O2. The third-order valence-electron chi connectivity index (χ3n) is 3.16. The normalized spacial score (nSPS) is 10.3. The Balaban J connectivity index is 2.25. The van der Waals surface area contributed by atoms with Crippen molar-refractivity contribution in [1.29, 1.82) is 0 Å². The Morgan fingerprint density at radius 2 is 1.77 bits per heavy atom. The van der Waals surface area contributed by atoms with Crippen molar-refractivity contribution in [3.05, 3.63) is 28.2 Å². The van der Waals surface area contributed by atoms with Gasteiger partial charge in [0.05, 0.1) is 17.3 Å². The Kier molecular flexibility index (Phi) is 8.94. The van der Waals surface area contributed by atoms with Crippen LogP contribution in [0, 0.1) is 0 Å². The van der Waals surface area contributed by atoms with Crippen LogP contribution in [-0.4, -0.2) is 18.4 Å². The average molecular weight is 345 g/mol. The molecule has 0 atom stereocenters. The molecule has 0 unspecified atom stereocenters. The lowest BCUT2D eigenvalue weighted by atomic mass is 10.1. The standard InChI is InChI=1S/C16H22Cl2N2O2/c1-2-3-4-5-6-7-15(21)19-11-16(22)20-14-10-12(17)8-9-13(14)18/h8-10H,2-7,11H2,1H3,(H,19,21)(H,20,22). The molecule has 0 fully saturated rings. The van der Waals surface area contributed by atoms with Crippen molar-refractivity contribution in [2.45, 2.75) is 45.4 Å². The maximum atomic E-state index is 11.8. The highest BCUT2D eigenvalue weighted by Crippen LogP contribution is 2.25. The van der Waals surface area contributed by atoms with E-state index >= 15 is 0 Å². The van der Waals surface area contributed by atoms with Gasteiger partial charge in [0.2, 0.25) is 11.8 Å². The van der Waals surface area contributed by atoms with E-state index in [0.29, 0.717) is 22.2 Å². The Morgan fingerprint density at radius 1 is 1.05 bits per heavy atom. The first-order valence-corrected chi connectivity index (χ1v) is 8.30. The molecule has 0 aliphatic heterocycles. The predicted octanol–water partition coefficient (Wildman–Crippen LogP) is 4.41. The van der Waals surface area contributed by atoms with Crippen LogP contribution in [0.1, 0.15) is 45.4 Å². The minimum absolute atomic E-state index is 0.0728. The minimum atomic E-state index is -0.330. The first-order chi connectivity index (χ1) is 10.5. The summed E-state index contributed by atoms with van der Waals surface area (Å²) < 4.78 is 0. The number of benzene rings is 1. The van der Waals surface area contributed by atoms with Crippen molar-refractivity contribution in [1.82, 2.24) is 5.32 Å². The first kappa shape index (κ1) is 18.8. The van der Waals surface area contributed by atoms with Crippen molar-refractivity contribution >= 4 is 40.7 Å². The molecule has 0 saturated carbocycles. The molecule has 0 spiro atoms. The predicted molar refractivity (Wildman–Crippen MR) is 91.5 cm³/mol. The summed E-state index contributed by atoms with van der Waals surface area (Å²) >= 11 is 11.8. The smallest absolute Gasteiger partial charge is 0.243 e. The summed E-state index contributed by atoms with van der Waals surface area (Å²) in [5.74, 6) is -0.438. The number of rotatable bonds is 9. The van der Waals surface area contributed by atoms with E-state index in [1.165, 1.54) is 12.8 Å². The zero-order valence-corrected chi connectivity index (χ0v) is 14.3. The van der Waals surface area contributed by atoms with E-state index in [9.17, 15) is 9.59 Å². The zero-order chi connectivity index (χ0) is 16.4. The largest absolute Gasteiger partial charge is 0.347 e. The second-order valence-corrected chi connectivity index (χ2v) is 5.96. The molecule has 0 aromatic heterocycles. The highest BCUT2D eigenvalue weighted by atomic mass is 35.5. The van der Waals surface area contributed by atoms with Gasteiger partial charge in [-0.2, -0.15) is 0 Å². The van der Waals surface area contributed by atoms with Crippen LogP contribution in [-0.2, 0) is 9.59 Å². The molecule has 2 amide bonds. The van der Waals surface area contributed by atoms with Gasteiger partial charge in [0.1, 0.15) is 0 Å². The number of carbonyl (C=O) groups is 2. The lowest BCUT2D eigenvalue weighted by Gasteiger charge is -2.09. The molecule has 0 aliphatic carbocycles. The van der Waals surface area contributed by atoms with E-state index in [-0.39, 0.29) is 18.4 Å². The van der Waals surface area contributed by atoms with Crippen LogP contribution >= 0.6 is 23.2 Å². The monoisotopic (exact) mass is 344 g/mol. The maximum Gasteiger partial charge on any atom is 0.243 e. The molecule has 0 saturated heterocycles. The molecule has 6 heteroatoms. The van der Waals surface area contributed by atoms with Crippen LogP contribution in [0.3, 0.4) is 0 Å². The van der Waals surface area contributed by atoms with E-state index in [1.807, 2.05) is 0 Å². The van der Waals surface area contributed by atoms with Gasteiger partial charge in [0.15, 0.2) is 0 Å². The highest BCUT2D eigenvalue weighted by molar-refractivity contribution is 6.35. The zero-order valence-electron chi connectivity index (χ0n) is 12.8. The summed E-state index contributed by atoms with van der Waals surface area (Å²) in [4.78, 5) is 23.4. The second-order valence-electron chi connectivity index (χ2n) is 5.11. The van der Waals surface area contributed by atoms with E-state index in [1.54, 1.807) is 18.2 Å². The van der Waals surface area contributed by atoms with Crippen LogP contribution < -0.4 is 10.6 Å². The number of anilines is 1. The highest BCUT2D eigenvalue weighted by Gasteiger charge is 2.08. The molecule has 22 heavy (non-hydrogen) atoms. The van der Waals surface area contributed by atoms with Crippen molar-refractivity contribution in [3.63, 3.8) is 0 Å². The van der Waals surface area contributed by atoms with Gasteiger partial charge in [-0.3, -0.25) is 9.59 Å². The van der Waals surface area contributed by atoms with Crippen molar-refractivity contribution < 1.29 is 9.59 Å². The molecule has 0 heterocycles. The minimum Gasteiger partial charge on any atom is -0.347 e. The summed E-state index contributed by atoms with van der Waals surface area (Å²) in [7, 11) is 0. The van der Waals surface area contributed by atoms with Crippen LogP contribution in [0.4, 0.5) is 5.69 Å². The molecular weight excluding hydrogens is 323 g/mol. The van der Waals surface area contributed by atoms with Crippen LogP contribution in [0.15, 0.2) is 18.2 Å². The quantitative estimate of drug-likeness (QED) is 0.652. The lowest BCUT2D eigenvalue weighted by molar-refractivity contribution is -0.124. The number of hydrogen-bond donors (Lipinski definition) is 2. The third kappa shape index (κ3) is 7.66. The number of unbranched alkanes of at least 4 members (excludes halogenated alkanes) is 4. The summed E-state index contributed by atoms with van der Waals surface area (Å²) in [6.45, 7) is 2.08. The summed E-state index contributed by atoms with van der Waals surface area (Å²) in [5.41, 5.74) is 0.438. The Bertz CT molecular complexity index is 507. The number of nitrogens with one attached hydrogen (secondary N) is 2. The van der Waals surface area contributed by atoms with Gasteiger partial charge in [-0.15, -0.1) is 0 Å². The lowest BCUT2D eigenvalue weighted by Crippen LogP contribution is -2.32. The SMILES string of the molecule is CCCCCCCC(=O)NCC(=O)Nc1cc(Cl)ccc1Cl. The van der Waals surface area contributed by atoms with Crippen molar-refractivity contribution in [2.24, 2.45) is 0 Å². The molecule has 0 radical (unpaired) electrons. The van der Waals surface area contributed by atoms with E-state index in [4.69, 9.17) is 23.2 Å². The first-order valence-electron chi connectivity index (χ1n) is 7.54. The molecule has 1 rings (SSSR count). The third-order valence-corrected chi connectivity index (χ3v) is 3.72. The van der Waals surface area contributed by atoms with Gasteiger partial charge in [-0.1, -0.05) is 55.8 Å². The van der Waals surface area contributed by atoms with Crippen LogP contribution in [0.25, 0.3) is 0 Å². The summed E-state index contributed by atoms with van der Waals surface area (Å²) in [6, 6.07) is 4.81. The fourth-order valence-electron chi connectivity index (χ4n) is 1.94. The Hall–Kier alpha value is -1.26. The van der Waals surface area contributed by atoms with Gasteiger partial charge in [-0.05, 0) is 24.6 Å². The molecule has 1 aromatic carbocycles. The number of hydrogen-bond acceptors (Lipinski definition) is 2. The molecule has 1 aromatic rings. The number of halogens is 2. The van der Waals surface area contributed by atoms with E-state index in [2.05, 4.69) is 17.6 Å². The summed E-state index contributed by atoms with van der Waals surface area (Å²) in [5, 5.41) is 6.11.